The van der Waals surface area contributed by atoms with Gasteiger partial charge in [0.05, 0.1) is 17.6 Å². The minimum Gasteiger partial charge on any atom is -0.266 e. The minimum absolute atomic E-state index is 0.0880. The van der Waals surface area contributed by atoms with E-state index in [1.54, 1.807) is 21.4 Å². The van der Waals surface area contributed by atoms with Crippen molar-refractivity contribution in [2.45, 2.75) is 18.9 Å². The standard InChI is InChI=1S/C14H18N4O2S/c1-17-14(6-8-16-17)12-10-11(5-7-15-12)13-4-3-9-18(13)21(2,19)20/h5-8,10,13H,3-4,9H2,1-2H3. The van der Waals surface area contributed by atoms with E-state index in [9.17, 15) is 8.42 Å². The Kier molecular flexibility index (Phi) is 3.54. The van der Waals surface area contributed by atoms with Gasteiger partial charge in [-0.2, -0.15) is 9.40 Å². The highest BCUT2D eigenvalue weighted by atomic mass is 32.2. The first-order chi connectivity index (χ1) is 9.97. The summed E-state index contributed by atoms with van der Waals surface area (Å²) in [5.74, 6) is 0. The van der Waals surface area contributed by atoms with E-state index in [0.29, 0.717) is 6.54 Å². The molecule has 3 rings (SSSR count). The second kappa shape index (κ2) is 5.23. The first kappa shape index (κ1) is 14.2. The first-order valence-corrected chi connectivity index (χ1v) is 8.73. The summed E-state index contributed by atoms with van der Waals surface area (Å²) >= 11 is 0. The fraction of sp³-hybridized carbons (Fsp3) is 0.429. The SMILES string of the molecule is Cn1nccc1-c1cc(C2CCCN2S(C)(=O)=O)ccn1. The smallest absolute Gasteiger partial charge is 0.211 e. The average molecular weight is 306 g/mol. The van der Waals surface area contributed by atoms with Gasteiger partial charge in [-0.05, 0) is 36.6 Å². The Hall–Kier alpha value is -1.73. The Balaban J connectivity index is 1.99. The second-order valence-corrected chi connectivity index (χ2v) is 7.28. The van der Waals surface area contributed by atoms with Gasteiger partial charge in [0, 0.05) is 32.0 Å². The lowest BCUT2D eigenvalue weighted by molar-refractivity contribution is 0.400. The zero-order valence-corrected chi connectivity index (χ0v) is 12.9. The quantitative estimate of drug-likeness (QED) is 0.863. The second-order valence-electron chi connectivity index (χ2n) is 5.35. The van der Waals surface area contributed by atoms with Gasteiger partial charge in [0.15, 0.2) is 0 Å². The number of pyridine rings is 1. The van der Waals surface area contributed by atoms with Gasteiger partial charge in [0.1, 0.15) is 0 Å². The zero-order chi connectivity index (χ0) is 15.0. The molecule has 0 spiro atoms. The number of hydrogen-bond acceptors (Lipinski definition) is 4. The molecule has 1 aliphatic rings. The molecular formula is C14H18N4O2S. The monoisotopic (exact) mass is 306 g/mol. The third kappa shape index (κ3) is 2.71. The van der Waals surface area contributed by atoms with Crippen LogP contribution in [0.2, 0.25) is 0 Å². The van der Waals surface area contributed by atoms with E-state index in [1.807, 2.05) is 25.2 Å². The molecule has 21 heavy (non-hydrogen) atoms. The van der Waals surface area contributed by atoms with Crippen LogP contribution in [0, 0.1) is 0 Å². The van der Waals surface area contributed by atoms with Crippen molar-refractivity contribution in [1.82, 2.24) is 19.1 Å². The molecule has 0 saturated carbocycles. The summed E-state index contributed by atoms with van der Waals surface area (Å²) in [4.78, 5) is 4.37. The van der Waals surface area contributed by atoms with Crippen LogP contribution < -0.4 is 0 Å². The molecule has 0 amide bonds. The molecule has 1 atom stereocenters. The van der Waals surface area contributed by atoms with Crippen LogP contribution in [-0.2, 0) is 17.1 Å². The summed E-state index contributed by atoms with van der Waals surface area (Å²) in [7, 11) is -1.32. The van der Waals surface area contributed by atoms with Crippen LogP contribution in [0.25, 0.3) is 11.4 Å². The molecule has 1 fully saturated rings. The first-order valence-electron chi connectivity index (χ1n) is 6.88. The van der Waals surface area contributed by atoms with Crippen molar-refractivity contribution in [3.05, 3.63) is 36.2 Å². The summed E-state index contributed by atoms with van der Waals surface area (Å²) in [6.07, 6.45) is 6.47. The molecule has 1 unspecified atom stereocenters. The van der Waals surface area contributed by atoms with E-state index in [1.165, 1.54) is 6.26 Å². The lowest BCUT2D eigenvalue weighted by Gasteiger charge is -2.22. The van der Waals surface area contributed by atoms with Crippen molar-refractivity contribution < 1.29 is 8.42 Å². The van der Waals surface area contributed by atoms with Gasteiger partial charge in [-0.25, -0.2) is 8.42 Å². The highest BCUT2D eigenvalue weighted by molar-refractivity contribution is 7.88. The van der Waals surface area contributed by atoms with E-state index in [4.69, 9.17) is 0 Å². The van der Waals surface area contributed by atoms with Crippen LogP contribution in [0.1, 0.15) is 24.4 Å². The molecule has 0 aliphatic carbocycles. The van der Waals surface area contributed by atoms with Gasteiger partial charge in [-0.1, -0.05) is 0 Å². The van der Waals surface area contributed by atoms with E-state index >= 15 is 0 Å². The molecule has 0 aromatic carbocycles. The molecule has 7 heteroatoms. The Bertz CT molecular complexity index is 754. The maximum Gasteiger partial charge on any atom is 0.211 e. The van der Waals surface area contributed by atoms with E-state index in [-0.39, 0.29) is 6.04 Å². The summed E-state index contributed by atoms with van der Waals surface area (Å²) < 4.78 is 27.1. The van der Waals surface area contributed by atoms with Crippen LogP contribution in [0.15, 0.2) is 30.6 Å². The topological polar surface area (TPSA) is 68.1 Å². The fourth-order valence-corrected chi connectivity index (χ4v) is 4.04. The molecule has 6 nitrogen and oxygen atoms in total. The predicted molar refractivity (Wildman–Crippen MR) is 80.0 cm³/mol. The Labute approximate surface area is 124 Å². The molecular weight excluding hydrogens is 288 g/mol. The van der Waals surface area contributed by atoms with Crippen LogP contribution >= 0.6 is 0 Å². The zero-order valence-electron chi connectivity index (χ0n) is 12.1. The third-order valence-electron chi connectivity index (χ3n) is 3.88. The lowest BCUT2D eigenvalue weighted by Crippen LogP contribution is -2.29. The lowest BCUT2D eigenvalue weighted by atomic mass is 10.1. The number of aryl methyl sites for hydroxylation is 1. The van der Waals surface area contributed by atoms with Crippen molar-refractivity contribution in [1.29, 1.82) is 0 Å². The molecule has 1 aliphatic heterocycles. The number of sulfonamides is 1. The summed E-state index contributed by atoms with van der Waals surface area (Å²) in [5, 5.41) is 4.14. The fourth-order valence-electron chi connectivity index (χ4n) is 2.89. The molecule has 3 heterocycles. The van der Waals surface area contributed by atoms with Gasteiger partial charge in [-0.15, -0.1) is 0 Å². The number of rotatable bonds is 3. The predicted octanol–water partition coefficient (Wildman–Crippen LogP) is 1.58. The maximum absolute atomic E-state index is 11.9. The molecule has 0 bridgehead atoms. The Morgan fingerprint density at radius 1 is 1.29 bits per heavy atom. The summed E-state index contributed by atoms with van der Waals surface area (Å²) in [6, 6.07) is 5.67. The normalized spacial score (nSPS) is 20.0. The van der Waals surface area contributed by atoms with Crippen molar-refractivity contribution >= 4 is 10.0 Å². The number of nitrogens with zero attached hydrogens (tertiary/aromatic N) is 4. The van der Waals surface area contributed by atoms with Crippen molar-refractivity contribution in [2.24, 2.45) is 7.05 Å². The van der Waals surface area contributed by atoms with E-state index in [0.717, 1.165) is 29.8 Å². The molecule has 112 valence electrons. The Morgan fingerprint density at radius 2 is 2.10 bits per heavy atom. The summed E-state index contributed by atoms with van der Waals surface area (Å²) in [5.41, 5.74) is 2.72. The molecule has 0 radical (unpaired) electrons. The van der Waals surface area contributed by atoms with Crippen LogP contribution in [0.5, 0.6) is 0 Å². The van der Waals surface area contributed by atoms with E-state index < -0.39 is 10.0 Å². The largest absolute Gasteiger partial charge is 0.266 e. The molecule has 1 saturated heterocycles. The van der Waals surface area contributed by atoms with E-state index in [2.05, 4.69) is 10.1 Å². The highest BCUT2D eigenvalue weighted by Gasteiger charge is 2.32. The van der Waals surface area contributed by atoms with Crippen molar-refractivity contribution in [2.75, 3.05) is 12.8 Å². The van der Waals surface area contributed by atoms with Gasteiger partial charge < -0.3 is 0 Å². The van der Waals surface area contributed by atoms with Crippen LogP contribution in [0.3, 0.4) is 0 Å². The average Bonchev–Trinajstić information content (AvgIpc) is 3.06. The number of aromatic nitrogens is 3. The van der Waals surface area contributed by atoms with Gasteiger partial charge in [0.2, 0.25) is 10.0 Å². The number of hydrogen-bond donors (Lipinski definition) is 0. The third-order valence-corrected chi connectivity index (χ3v) is 5.17. The molecule has 2 aromatic heterocycles. The van der Waals surface area contributed by atoms with Gasteiger partial charge in [0.25, 0.3) is 0 Å². The van der Waals surface area contributed by atoms with Crippen molar-refractivity contribution in [3.63, 3.8) is 0 Å². The van der Waals surface area contributed by atoms with Crippen LogP contribution in [0.4, 0.5) is 0 Å². The highest BCUT2D eigenvalue weighted by Crippen LogP contribution is 2.34. The maximum atomic E-state index is 11.9. The van der Waals surface area contributed by atoms with Crippen LogP contribution in [-0.4, -0.2) is 40.3 Å². The Morgan fingerprint density at radius 3 is 2.76 bits per heavy atom. The molecule has 0 N–H and O–H groups in total. The minimum atomic E-state index is -3.18. The molecule has 2 aromatic rings. The van der Waals surface area contributed by atoms with Gasteiger partial charge >= 0.3 is 0 Å². The summed E-state index contributed by atoms with van der Waals surface area (Å²) in [6.45, 7) is 0.590. The van der Waals surface area contributed by atoms with Gasteiger partial charge in [-0.3, -0.25) is 9.67 Å². The van der Waals surface area contributed by atoms with Crippen molar-refractivity contribution in [3.8, 4) is 11.4 Å².